The second kappa shape index (κ2) is 5.80. The number of thioether (sulfide) groups is 1. The van der Waals surface area contributed by atoms with Gasteiger partial charge in [-0.15, -0.1) is 0 Å². The highest BCUT2D eigenvalue weighted by atomic mass is 32.2. The first-order valence-corrected chi connectivity index (χ1v) is 8.26. The number of nitriles is 3. The molecule has 2 unspecified atom stereocenters. The fourth-order valence-corrected chi connectivity index (χ4v) is 4.48. The van der Waals surface area contributed by atoms with Crippen LogP contribution in [0, 0.1) is 45.3 Å². The molecule has 5 nitrogen and oxygen atoms in total. The molecule has 0 saturated carbocycles. The molecule has 2 N–H and O–H groups in total. The molecule has 3 rings (SSSR count). The molecular weight excluding hydrogens is 306 g/mol. The Bertz CT molecular complexity index is 805. The van der Waals surface area contributed by atoms with Crippen molar-refractivity contribution in [1.82, 2.24) is 4.98 Å². The summed E-state index contributed by atoms with van der Waals surface area (Å²) in [6.45, 7) is 0. The topological polar surface area (TPSA) is 110 Å². The second-order valence-electron chi connectivity index (χ2n) is 5.50. The fraction of sp³-hybridized carbons (Fsp3) is 0.294. The predicted molar refractivity (Wildman–Crippen MR) is 86.4 cm³/mol. The first-order valence-electron chi connectivity index (χ1n) is 7.10. The van der Waals surface area contributed by atoms with Crippen LogP contribution in [0.25, 0.3) is 0 Å². The van der Waals surface area contributed by atoms with Crippen molar-refractivity contribution >= 4 is 11.8 Å². The number of hydrogen-bond donors (Lipinski definition) is 1. The van der Waals surface area contributed by atoms with Crippen LogP contribution in [0.1, 0.15) is 11.5 Å². The van der Waals surface area contributed by atoms with E-state index >= 15 is 0 Å². The lowest BCUT2D eigenvalue weighted by molar-refractivity contribution is 0.367. The van der Waals surface area contributed by atoms with Gasteiger partial charge in [-0.05, 0) is 17.2 Å². The Kier molecular flexibility index (Phi) is 3.82. The highest BCUT2D eigenvalue weighted by Crippen LogP contribution is 2.54. The van der Waals surface area contributed by atoms with Crippen LogP contribution in [0.5, 0.6) is 0 Å². The molecule has 23 heavy (non-hydrogen) atoms. The van der Waals surface area contributed by atoms with Crippen molar-refractivity contribution in [3.05, 3.63) is 53.0 Å². The van der Waals surface area contributed by atoms with Crippen LogP contribution in [0.4, 0.5) is 0 Å². The average Bonchev–Trinajstić information content (AvgIpc) is 2.61. The van der Waals surface area contributed by atoms with Crippen molar-refractivity contribution in [3.63, 3.8) is 0 Å². The number of nitrogens with two attached hydrogens (primary N) is 1. The fourth-order valence-electron chi connectivity index (χ4n) is 3.42. The number of hydrogen-bond acceptors (Lipinski definition) is 6. The number of nitrogens with zero attached hydrogens (tertiary/aromatic N) is 4. The van der Waals surface area contributed by atoms with Gasteiger partial charge in [-0.25, -0.2) is 0 Å². The summed E-state index contributed by atoms with van der Waals surface area (Å²) in [7, 11) is 0. The van der Waals surface area contributed by atoms with Crippen LogP contribution in [-0.2, 0) is 0 Å². The maximum absolute atomic E-state index is 9.80. The van der Waals surface area contributed by atoms with Gasteiger partial charge in [-0.1, -0.05) is 12.1 Å². The SMILES string of the molecule is N#CC1=C(N)C(C#N)(C#N)C(c2cccnc2)C2CSCC=C12. The monoisotopic (exact) mass is 319 g/mol. The van der Waals surface area contributed by atoms with Gasteiger partial charge in [0.2, 0.25) is 0 Å². The highest BCUT2D eigenvalue weighted by Gasteiger charge is 2.53. The molecule has 0 bridgehead atoms. The van der Waals surface area contributed by atoms with Crippen molar-refractivity contribution in [2.45, 2.75) is 5.92 Å². The summed E-state index contributed by atoms with van der Waals surface area (Å²) in [4.78, 5) is 4.13. The van der Waals surface area contributed by atoms with Crippen LogP contribution >= 0.6 is 11.8 Å². The van der Waals surface area contributed by atoms with E-state index in [1.54, 1.807) is 30.2 Å². The molecule has 112 valence electrons. The minimum Gasteiger partial charge on any atom is -0.399 e. The number of allylic oxidation sites excluding steroid dienone is 3. The molecule has 1 aliphatic carbocycles. The van der Waals surface area contributed by atoms with Gasteiger partial charge in [0.25, 0.3) is 0 Å². The standard InChI is InChI=1S/C17H13N5S/c18-6-13-12-3-5-23-8-14(12)15(11-2-1-4-22-7-11)17(9-19,10-20)16(13)21/h1-4,7,14-15H,5,8,21H2. The molecule has 0 spiro atoms. The Balaban J connectivity index is 2.33. The number of aromatic nitrogens is 1. The largest absolute Gasteiger partial charge is 0.399 e. The van der Waals surface area contributed by atoms with Crippen LogP contribution in [0.3, 0.4) is 0 Å². The van der Waals surface area contributed by atoms with E-state index in [-0.39, 0.29) is 11.6 Å². The Hall–Kier alpha value is -2.75. The lowest BCUT2D eigenvalue weighted by Gasteiger charge is -2.42. The molecule has 2 heterocycles. The van der Waals surface area contributed by atoms with Crippen molar-refractivity contribution in [3.8, 4) is 18.2 Å². The summed E-state index contributed by atoms with van der Waals surface area (Å²) in [5.41, 5.74) is 6.63. The van der Waals surface area contributed by atoms with Crippen molar-refractivity contribution in [2.24, 2.45) is 17.1 Å². The Morgan fingerprint density at radius 1 is 1.30 bits per heavy atom. The Morgan fingerprint density at radius 3 is 2.70 bits per heavy atom. The summed E-state index contributed by atoms with van der Waals surface area (Å²) in [5.74, 6) is 1.02. The smallest absolute Gasteiger partial charge is 0.191 e. The van der Waals surface area contributed by atoms with Crippen molar-refractivity contribution in [1.29, 1.82) is 15.8 Å². The van der Waals surface area contributed by atoms with Gasteiger partial charge >= 0.3 is 0 Å². The second-order valence-corrected chi connectivity index (χ2v) is 6.57. The summed E-state index contributed by atoms with van der Waals surface area (Å²) in [5, 5.41) is 29.1. The Labute approximate surface area is 138 Å². The quantitative estimate of drug-likeness (QED) is 0.850. The molecular formula is C17H13N5S. The van der Waals surface area contributed by atoms with E-state index in [2.05, 4.69) is 23.2 Å². The van der Waals surface area contributed by atoms with Gasteiger partial charge in [-0.3, -0.25) is 4.98 Å². The lowest BCUT2D eigenvalue weighted by atomic mass is 9.59. The summed E-state index contributed by atoms with van der Waals surface area (Å²) >= 11 is 1.73. The third-order valence-electron chi connectivity index (χ3n) is 4.48. The average molecular weight is 319 g/mol. The third kappa shape index (κ3) is 2.10. The molecule has 6 heteroatoms. The molecule has 1 aromatic heterocycles. The van der Waals surface area contributed by atoms with Gasteiger partial charge in [-0.2, -0.15) is 27.5 Å². The van der Waals surface area contributed by atoms with Gasteiger partial charge in [0.15, 0.2) is 5.41 Å². The van der Waals surface area contributed by atoms with E-state index in [9.17, 15) is 15.8 Å². The number of fused-ring (bicyclic) bond motifs is 1. The van der Waals surface area contributed by atoms with Crippen LogP contribution < -0.4 is 5.73 Å². The number of rotatable bonds is 1. The van der Waals surface area contributed by atoms with Crippen LogP contribution in [0.15, 0.2) is 47.4 Å². The number of pyridine rings is 1. The van der Waals surface area contributed by atoms with E-state index in [1.807, 2.05) is 12.1 Å². The minimum atomic E-state index is -1.55. The first kappa shape index (κ1) is 15.2. The van der Waals surface area contributed by atoms with Crippen LogP contribution in [-0.4, -0.2) is 16.5 Å². The van der Waals surface area contributed by atoms with Crippen molar-refractivity contribution < 1.29 is 0 Å². The summed E-state index contributed by atoms with van der Waals surface area (Å²) < 4.78 is 0. The molecule has 1 aromatic rings. The van der Waals surface area contributed by atoms with E-state index < -0.39 is 11.3 Å². The zero-order valence-corrected chi connectivity index (χ0v) is 13.0. The summed E-state index contributed by atoms with van der Waals surface area (Å²) in [6.07, 6.45) is 5.32. The van der Waals surface area contributed by atoms with Gasteiger partial charge in [0.05, 0.1) is 23.4 Å². The van der Waals surface area contributed by atoms with Gasteiger partial charge in [0.1, 0.15) is 6.07 Å². The lowest BCUT2D eigenvalue weighted by Crippen LogP contribution is -2.43. The highest BCUT2D eigenvalue weighted by molar-refractivity contribution is 7.99. The van der Waals surface area contributed by atoms with Crippen LogP contribution in [0.2, 0.25) is 0 Å². The maximum atomic E-state index is 9.80. The van der Waals surface area contributed by atoms with Crippen molar-refractivity contribution in [2.75, 3.05) is 11.5 Å². The maximum Gasteiger partial charge on any atom is 0.191 e. The molecule has 0 fully saturated rings. The summed E-state index contributed by atoms with van der Waals surface area (Å²) in [6, 6.07) is 9.96. The molecule has 0 radical (unpaired) electrons. The zero-order chi connectivity index (χ0) is 16.4. The molecule has 2 aliphatic rings. The zero-order valence-electron chi connectivity index (χ0n) is 12.2. The predicted octanol–water partition coefficient (Wildman–Crippen LogP) is 2.24. The molecule has 0 amide bonds. The molecule has 0 aromatic carbocycles. The minimum absolute atomic E-state index is 0.0632. The molecule has 2 atom stereocenters. The van der Waals surface area contributed by atoms with Gasteiger partial charge < -0.3 is 5.73 Å². The normalized spacial score (nSPS) is 25.3. The van der Waals surface area contributed by atoms with E-state index in [4.69, 9.17) is 5.73 Å². The van der Waals surface area contributed by atoms with Gasteiger partial charge in [0, 0.05) is 35.7 Å². The molecule has 0 saturated heterocycles. The third-order valence-corrected chi connectivity index (χ3v) is 5.47. The van der Waals surface area contributed by atoms with E-state index in [0.29, 0.717) is 5.57 Å². The first-order chi connectivity index (χ1) is 11.2. The Morgan fingerprint density at radius 2 is 2.09 bits per heavy atom. The van der Waals surface area contributed by atoms with E-state index in [1.165, 1.54) is 0 Å². The van der Waals surface area contributed by atoms with E-state index in [0.717, 1.165) is 22.6 Å². The molecule has 1 aliphatic heterocycles.